The molecule has 4 amide bonds. The van der Waals surface area contributed by atoms with Gasteiger partial charge < -0.3 is 35.1 Å². The fraction of sp³-hybridized carbons (Fsp3) is 0.423. The molecule has 0 spiro atoms. The van der Waals surface area contributed by atoms with Gasteiger partial charge in [-0.15, -0.1) is 0 Å². The number of fused-ring (bicyclic) bond motifs is 2. The van der Waals surface area contributed by atoms with Crippen LogP contribution >= 0.6 is 0 Å². The molecule has 0 unspecified atom stereocenters. The fourth-order valence-corrected chi connectivity index (χ4v) is 4.60. The maximum atomic E-state index is 13.3. The summed E-state index contributed by atoms with van der Waals surface area (Å²) in [6, 6.07) is 11.7. The molecule has 3 N–H and O–H groups in total. The molecular weight excluding hydrogens is 464 g/mol. The molecule has 192 valence electrons. The second kappa shape index (κ2) is 11.3. The Morgan fingerprint density at radius 3 is 2.72 bits per heavy atom. The van der Waals surface area contributed by atoms with Crippen LogP contribution in [0.4, 0.5) is 16.2 Å². The van der Waals surface area contributed by atoms with Crippen molar-refractivity contribution in [1.29, 1.82) is 0 Å². The predicted octanol–water partition coefficient (Wildman–Crippen LogP) is 3.25. The SMILES string of the molecule is CCNC(=O)Nc1ccc2c(c1)C(=O)N(C)[C@H]1CC[C@H](CC(=O)Nc3ccccc3OC)O[C@@H]1CO2. The number of carbonyl (C=O) groups is 3. The number of methoxy groups -OCH3 is 1. The van der Waals surface area contributed by atoms with E-state index in [-0.39, 0.29) is 49.1 Å². The zero-order valence-corrected chi connectivity index (χ0v) is 20.7. The maximum Gasteiger partial charge on any atom is 0.319 e. The van der Waals surface area contributed by atoms with E-state index >= 15 is 0 Å². The third kappa shape index (κ3) is 5.71. The first-order valence-electron chi connectivity index (χ1n) is 12.1. The Hall–Kier alpha value is -3.79. The first-order valence-corrected chi connectivity index (χ1v) is 12.1. The molecule has 10 heteroatoms. The number of anilines is 2. The highest BCUT2D eigenvalue weighted by Crippen LogP contribution is 2.33. The average Bonchev–Trinajstić information content (AvgIpc) is 2.87. The van der Waals surface area contributed by atoms with Gasteiger partial charge in [0.15, 0.2) is 0 Å². The Morgan fingerprint density at radius 1 is 1.14 bits per heavy atom. The Morgan fingerprint density at radius 2 is 1.94 bits per heavy atom. The Kier molecular flexibility index (Phi) is 7.94. The number of rotatable bonds is 6. The van der Waals surface area contributed by atoms with Crippen molar-refractivity contribution in [2.45, 2.75) is 44.4 Å². The van der Waals surface area contributed by atoms with Crippen molar-refractivity contribution >= 4 is 29.2 Å². The van der Waals surface area contributed by atoms with Crippen LogP contribution in [0, 0.1) is 0 Å². The predicted molar refractivity (Wildman–Crippen MR) is 135 cm³/mol. The molecule has 0 bridgehead atoms. The minimum absolute atomic E-state index is 0.170. The number of hydrogen-bond acceptors (Lipinski definition) is 6. The summed E-state index contributed by atoms with van der Waals surface area (Å²) in [5.74, 6) is 0.630. The zero-order valence-electron chi connectivity index (χ0n) is 20.7. The molecule has 0 aromatic heterocycles. The van der Waals surface area contributed by atoms with Crippen molar-refractivity contribution in [3.8, 4) is 11.5 Å². The largest absolute Gasteiger partial charge is 0.495 e. The highest BCUT2D eigenvalue weighted by atomic mass is 16.5. The number of carbonyl (C=O) groups excluding carboxylic acids is 3. The number of amides is 4. The molecule has 2 aliphatic heterocycles. The number of benzene rings is 2. The van der Waals surface area contributed by atoms with Gasteiger partial charge in [0.2, 0.25) is 5.91 Å². The number of nitrogens with one attached hydrogen (secondary N) is 3. The second-order valence-corrected chi connectivity index (χ2v) is 8.82. The van der Waals surface area contributed by atoms with E-state index in [0.29, 0.717) is 47.8 Å². The second-order valence-electron chi connectivity index (χ2n) is 8.82. The standard InChI is InChI=1S/C26H32N4O6/c1-4-27-26(33)28-16-9-12-21-18(13-16)25(32)30(2)20-11-10-17(36-23(20)15-35-21)14-24(31)29-19-7-5-6-8-22(19)34-3/h5-9,12-13,17,20,23H,4,10-11,14-15H2,1-3H3,(H,29,31)(H2,27,28,33)/t17-,20+,23-/m1/s1. The van der Waals surface area contributed by atoms with Crippen LogP contribution < -0.4 is 25.4 Å². The summed E-state index contributed by atoms with van der Waals surface area (Å²) >= 11 is 0. The van der Waals surface area contributed by atoms with Crippen LogP contribution in [-0.2, 0) is 9.53 Å². The quantitative estimate of drug-likeness (QED) is 0.565. The molecule has 4 rings (SSSR count). The van der Waals surface area contributed by atoms with Gasteiger partial charge in [-0.1, -0.05) is 12.1 Å². The topological polar surface area (TPSA) is 118 Å². The van der Waals surface area contributed by atoms with Gasteiger partial charge in [0.1, 0.15) is 24.2 Å². The monoisotopic (exact) mass is 496 g/mol. The molecule has 10 nitrogen and oxygen atoms in total. The fourth-order valence-electron chi connectivity index (χ4n) is 4.60. The molecule has 1 saturated heterocycles. The van der Waals surface area contributed by atoms with Crippen LogP contribution in [-0.4, -0.2) is 68.3 Å². The molecule has 0 saturated carbocycles. The van der Waals surface area contributed by atoms with Gasteiger partial charge in [-0.2, -0.15) is 0 Å². The van der Waals surface area contributed by atoms with Crippen molar-refractivity contribution in [2.75, 3.05) is 37.9 Å². The van der Waals surface area contributed by atoms with E-state index in [1.54, 1.807) is 49.4 Å². The normalized spacial score (nSPS) is 21.1. The minimum Gasteiger partial charge on any atom is -0.495 e. The van der Waals surface area contributed by atoms with Crippen molar-refractivity contribution in [2.24, 2.45) is 0 Å². The lowest BCUT2D eigenvalue weighted by Gasteiger charge is -2.42. The number of hydrogen-bond donors (Lipinski definition) is 3. The molecule has 3 atom stereocenters. The smallest absolute Gasteiger partial charge is 0.319 e. The number of urea groups is 1. The summed E-state index contributed by atoms with van der Waals surface area (Å²) < 4.78 is 17.5. The molecule has 0 radical (unpaired) electrons. The summed E-state index contributed by atoms with van der Waals surface area (Å²) in [5, 5.41) is 8.27. The molecule has 1 fully saturated rings. The van der Waals surface area contributed by atoms with Gasteiger partial charge in [0.25, 0.3) is 5.91 Å². The Balaban J connectivity index is 1.42. The van der Waals surface area contributed by atoms with E-state index < -0.39 is 0 Å². The van der Waals surface area contributed by atoms with Crippen LogP contribution in [0.15, 0.2) is 42.5 Å². The molecule has 2 aliphatic rings. The lowest BCUT2D eigenvalue weighted by molar-refractivity contribution is -0.130. The van der Waals surface area contributed by atoms with Gasteiger partial charge >= 0.3 is 6.03 Å². The van der Waals surface area contributed by atoms with Gasteiger partial charge in [-0.25, -0.2) is 4.79 Å². The molecular formula is C26H32N4O6. The number of ether oxygens (including phenoxy) is 3. The third-order valence-corrected chi connectivity index (χ3v) is 6.40. The summed E-state index contributed by atoms with van der Waals surface area (Å²) in [4.78, 5) is 39.6. The molecule has 0 aliphatic carbocycles. The van der Waals surface area contributed by atoms with E-state index in [0.717, 1.165) is 0 Å². The zero-order chi connectivity index (χ0) is 25.7. The maximum absolute atomic E-state index is 13.3. The van der Waals surface area contributed by atoms with E-state index in [9.17, 15) is 14.4 Å². The van der Waals surface area contributed by atoms with Crippen molar-refractivity contribution < 1.29 is 28.6 Å². The summed E-state index contributed by atoms with van der Waals surface area (Å²) in [6.07, 6.45) is 0.817. The van der Waals surface area contributed by atoms with Crippen LogP contribution in [0.25, 0.3) is 0 Å². The third-order valence-electron chi connectivity index (χ3n) is 6.40. The molecule has 36 heavy (non-hydrogen) atoms. The number of likely N-dealkylation sites (N-methyl/N-ethyl adjacent to an activating group) is 1. The Labute approximate surface area is 210 Å². The highest BCUT2D eigenvalue weighted by Gasteiger charge is 2.39. The first kappa shape index (κ1) is 25.3. The average molecular weight is 497 g/mol. The minimum atomic E-state index is -0.377. The van der Waals surface area contributed by atoms with E-state index in [1.165, 1.54) is 0 Å². The van der Waals surface area contributed by atoms with E-state index in [1.807, 2.05) is 19.1 Å². The highest BCUT2D eigenvalue weighted by molar-refractivity contribution is 5.99. The van der Waals surface area contributed by atoms with Crippen LogP contribution in [0.1, 0.15) is 36.5 Å². The van der Waals surface area contributed by atoms with Gasteiger partial charge in [0, 0.05) is 19.3 Å². The van der Waals surface area contributed by atoms with Crippen LogP contribution in [0.2, 0.25) is 0 Å². The molecule has 2 aromatic rings. The summed E-state index contributed by atoms with van der Waals surface area (Å²) in [5.41, 5.74) is 1.49. The lowest BCUT2D eigenvalue weighted by atomic mass is 9.94. The van der Waals surface area contributed by atoms with Crippen LogP contribution in [0.3, 0.4) is 0 Å². The Bertz CT molecular complexity index is 1120. The molecule has 2 heterocycles. The van der Waals surface area contributed by atoms with E-state index in [4.69, 9.17) is 14.2 Å². The van der Waals surface area contributed by atoms with Crippen molar-refractivity contribution in [3.05, 3.63) is 48.0 Å². The molecule has 2 aromatic carbocycles. The number of para-hydroxylation sites is 2. The van der Waals surface area contributed by atoms with Gasteiger partial charge in [-0.05, 0) is 50.1 Å². The number of nitrogens with zero attached hydrogens (tertiary/aromatic N) is 1. The van der Waals surface area contributed by atoms with Crippen molar-refractivity contribution in [1.82, 2.24) is 10.2 Å². The summed E-state index contributed by atoms with van der Waals surface area (Å²) in [6.45, 7) is 2.56. The first-order chi connectivity index (χ1) is 17.4. The van der Waals surface area contributed by atoms with E-state index in [2.05, 4.69) is 16.0 Å². The van der Waals surface area contributed by atoms with Crippen LogP contribution in [0.5, 0.6) is 11.5 Å². The summed E-state index contributed by atoms with van der Waals surface area (Å²) in [7, 11) is 3.30. The van der Waals surface area contributed by atoms with Gasteiger partial charge in [0.05, 0.1) is 36.9 Å². The van der Waals surface area contributed by atoms with Gasteiger partial charge in [-0.3, -0.25) is 9.59 Å². The van der Waals surface area contributed by atoms with Crippen molar-refractivity contribution in [3.63, 3.8) is 0 Å². The lowest BCUT2D eigenvalue weighted by Crippen LogP contribution is -2.53.